The Bertz CT molecular complexity index is 764. The fourth-order valence-corrected chi connectivity index (χ4v) is 6.24. The van der Waals surface area contributed by atoms with Crippen molar-refractivity contribution in [3.05, 3.63) is 22.5 Å². The summed E-state index contributed by atoms with van der Waals surface area (Å²) < 4.78 is 28.4. The number of hydrogen-bond donors (Lipinski definition) is 2. The second kappa shape index (κ2) is 7.16. The van der Waals surface area contributed by atoms with Crippen molar-refractivity contribution in [3.63, 3.8) is 0 Å². The summed E-state index contributed by atoms with van der Waals surface area (Å²) in [5.41, 5.74) is 6.19. The average molecular weight is 394 g/mol. The second-order valence-electron chi connectivity index (χ2n) is 5.67. The van der Waals surface area contributed by atoms with Gasteiger partial charge in [-0.15, -0.1) is 35.1 Å². The van der Waals surface area contributed by atoms with E-state index in [0.29, 0.717) is 10.8 Å². The highest BCUT2D eigenvalue weighted by atomic mass is 35.5. The van der Waals surface area contributed by atoms with Crippen molar-refractivity contribution in [3.8, 4) is 10.6 Å². The van der Waals surface area contributed by atoms with Crippen LogP contribution in [-0.4, -0.2) is 25.5 Å². The molecule has 5 nitrogen and oxygen atoms in total. The van der Waals surface area contributed by atoms with E-state index in [-0.39, 0.29) is 12.4 Å². The van der Waals surface area contributed by atoms with Crippen LogP contribution in [0.3, 0.4) is 0 Å². The highest BCUT2D eigenvalue weighted by molar-refractivity contribution is 7.91. The van der Waals surface area contributed by atoms with Gasteiger partial charge in [0.15, 0.2) is 0 Å². The van der Waals surface area contributed by atoms with Crippen LogP contribution in [0.25, 0.3) is 10.6 Å². The van der Waals surface area contributed by atoms with E-state index >= 15 is 0 Å². The second-order valence-corrected chi connectivity index (χ2v) is 9.72. The van der Waals surface area contributed by atoms with Crippen molar-refractivity contribution in [2.24, 2.45) is 5.73 Å². The third-order valence-corrected chi connectivity index (χ3v) is 7.97. The van der Waals surface area contributed by atoms with Gasteiger partial charge < -0.3 is 5.73 Å². The molecule has 3 N–H and O–H groups in total. The van der Waals surface area contributed by atoms with E-state index in [1.165, 1.54) is 11.3 Å². The predicted octanol–water partition coefficient (Wildman–Crippen LogP) is 3.15. The van der Waals surface area contributed by atoms with Crippen molar-refractivity contribution in [1.82, 2.24) is 9.71 Å². The maximum absolute atomic E-state index is 12.6. The maximum Gasteiger partial charge on any atom is 0.250 e. The molecule has 0 radical (unpaired) electrons. The average Bonchev–Trinajstić information content (AvgIpc) is 3.17. The van der Waals surface area contributed by atoms with Crippen molar-refractivity contribution < 1.29 is 8.42 Å². The van der Waals surface area contributed by atoms with Gasteiger partial charge >= 0.3 is 0 Å². The maximum atomic E-state index is 12.6. The quantitative estimate of drug-likeness (QED) is 0.817. The van der Waals surface area contributed by atoms with E-state index in [9.17, 15) is 8.42 Å². The number of rotatable bonds is 5. The number of thiazole rings is 1. The lowest BCUT2D eigenvalue weighted by molar-refractivity contribution is 0.400. The lowest BCUT2D eigenvalue weighted by atomic mass is 10.0. The van der Waals surface area contributed by atoms with Crippen LogP contribution in [0.5, 0.6) is 0 Å². The summed E-state index contributed by atoms with van der Waals surface area (Å²) >= 11 is 2.81. The summed E-state index contributed by atoms with van der Waals surface area (Å²) in [6, 6.07) is 3.47. The van der Waals surface area contributed by atoms with E-state index in [1.807, 2.05) is 18.4 Å². The van der Waals surface area contributed by atoms with Gasteiger partial charge in [0.2, 0.25) is 0 Å². The van der Waals surface area contributed by atoms with Crippen LogP contribution in [0.2, 0.25) is 0 Å². The lowest BCUT2D eigenvalue weighted by Gasteiger charge is -2.27. The van der Waals surface area contributed by atoms with Crippen molar-refractivity contribution in [1.29, 1.82) is 0 Å². The van der Waals surface area contributed by atoms with Crippen LogP contribution in [-0.2, 0) is 10.0 Å². The normalized spacial score (nSPS) is 17.1. The summed E-state index contributed by atoms with van der Waals surface area (Å²) in [5, 5.41) is 2.92. The molecule has 1 saturated carbocycles. The molecule has 1 aliphatic rings. The highest BCUT2D eigenvalue weighted by Gasteiger charge is 2.37. The van der Waals surface area contributed by atoms with E-state index < -0.39 is 15.6 Å². The number of nitrogens with zero attached hydrogens (tertiary/aromatic N) is 1. The zero-order valence-electron chi connectivity index (χ0n) is 12.7. The molecule has 3 rings (SSSR count). The van der Waals surface area contributed by atoms with Crippen molar-refractivity contribution in [2.75, 3.05) is 6.54 Å². The Kier molecular flexibility index (Phi) is 5.86. The van der Waals surface area contributed by atoms with Crippen molar-refractivity contribution in [2.45, 2.75) is 42.4 Å². The first kappa shape index (κ1) is 18.8. The highest BCUT2D eigenvalue weighted by Crippen LogP contribution is 2.34. The molecule has 9 heteroatoms. The van der Waals surface area contributed by atoms with Crippen molar-refractivity contribution >= 4 is 45.1 Å². The molecule has 2 aromatic heterocycles. The molecular formula is C14H20ClN3O2S3. The van der Waals surface area contributed by atoms with Gasteiger partial charge in [-0.25, -0.2) is 18.1 Å². The van der Waals surface area contributed by atoms with Crippen LogP contribution >= 0.6 is 35.1 Å². The smallest absolute Gasteiger partial charge is 0.250 e. The number of halogens is 1. The summed E-state index contributed by atoms with van der Waals surface area (Å²) in [6.45, 7) is 2.28. The Hall–Kier alpha value is -0.510. The van der Waals surface area contributed by atoms with Gasteiger partial charge in [-0.05, 0) is 31.9 Å². The van der Waals surface area contributed by atoms with E-state index in [2.05, 4.69) is 9.71 Å². The molecule has 1 fully saturated rings. The largest absolute Gasteiger partial charge is 0.329 e. The number of hydrogen-bond acceptors (Lipinski definition) is 6. The van der Waals surface area contributed by atoms with Crippen LogP contribution in [0.4, 0.5) is 0 Å². The molecule has 0 aromatic carbocycles. The summed E-state index contributed by atoms with van der Waals surface area (Å²) in [7, 11) is -3.53. The molecule has 2 heterocycles. The van der Waals surface area contributed by atoms with E-state index in [1.54, 1.807) is 17.4 Å². The fourth-order valence-electron chi connectivity index (χ4n) is 2.81. The number of nitrogens with one attached hydrogen (secondary N) is 1. The molecule has 23 heavy (non-hydrogen) atoms. The summed E-state index contributed by atoms with van der Waals surface area (Å²) in [5.74, 6) is 0. The van der Waals surface area contributed by atoms with Gasteiger partial charge in [0.1, 0.15) is 4.21 Å². The Morgan fingerprint density at radius 2 is 2.04 bits per heavy atom. The fraction of sp³-hybridized carbons (Fsp3) is 0.500. The Morgan fingerprint density at radius 3 is 2.61 bits per heavy atom. The Balaban J connectivity index is 0.00000192. The first-order valence-corrected chi connectivity index (χ1v) is 10.4. The number of thiophene rings is 1. The minimum atomic E-state index is -3.53. The van der Waals surface area contributed by atoms with Gasteiger partial charge in [-0.1, -0.05) is 12.8 Å². The molecule has 0 saturated heterocycles. The lowest BCUT2D eigenvalue weighted by Crippen LogP contribution is -2.51. The Morgan fingerprint density at radius 1 is 1.35 bits per heavy atom. The van der Waals surface area contributed by atoms with Crippen LogP contribution in [0.1, 0.15) is 30.7 Å². The minimum absolute atomic E-state index is 0. The van der Waals surface area contributed by atoms with Gasteiger partial charge in [0, 0.05) is 17.5 Å². The van der Waals surface area contributed by atoms with Gasteiger partial charge in [0.25, 0.3) is 10.0 Å². The molecule has 0 atom stereocenters. The zero-order valence-corrected chi connectivity index (χ0v) is 16.0. The number of aromatic nitrogens is 1. The van der Waals surface area contributed by atoms with Gasteiger partial charge in [-0.2, -0.15) is 0 Å². The Labute approximate surface area is 150 Å². The van der Waals surface area contributed by atoms with Gasteiger partial charge in [0.05, 0.1) is 15.6 Å². The first-order valence-electron chi connectivity index (χ1n) is 7.21. The number of aryl methyl sites for hydroxylation is 1. The third-order valence-electron chi connectivity index (χ3n) is 4.02. The molecule has 2 aromatic rings. The SMILES string of the molecule is Cc1nc(-c2ccc(S(=O)(=O)NC3(CN)CCCC3)s2)cs1.Cl. The van der Waals surface area contributed by atoms with E-state index in [4.69, 9.17) is 5.73 Å². The van der Waals surface area contributed by atoms with Crippen LogP contribution in [0.15, 0.2) is 21.7 Å². The molecular weight excluding hydrogens is 374 g/mol. The predicted molar refractivity (Wildman–Crippen MR) is 98.0 cm³/mol. The topological polar surface area (TPSA) is 85.1 Å². The monoisotopic (exact) mass is 393 g/mol. The van der Waals surface area contributed by atoms with Crippen LogP contribution < -0.4 is 10.5 Å². The molecule has 0 bridgehead atoms. The minimum Gasteiger partial charge on any atom is -0.329 e. The molecule has 1 aliphatic carbocycles. The molecule has 0 unspecified atom stereocenters. The zero-order chi connectivity index (χ0) is 15.8. The number of nitrogens with two attached hydrogens (primary N) is 1. The van der Waals surface area contributed by atoms with Crippen LogP contribution in [0, 0.1) is 6.92 Å². The summed E-state index contributed by atoms with van der Waals surface area (Å²) in [4.78, 5) is 5.28. The first-order chi connectivity index (χ1) is 10.4. The molecule has 0 aliphatic heterocycles. The standard InChI is InChI=1S/C14H19N3O2S3.ClH/c1-10-16-11(8-20-10)12-4-5-13(21-12)22(18,19)17-14(9-15)6-2-3-7-14;/h4-5,8,17H,2-3,6-7,9,15H2,1H3;1H. The summed E-state index contributed by atoms with van der Waals surface area (Å²) in [6.07, 6.45) is 3.67. The molecule has 0 amide bonds. The number of sulfonamides is 1. The molecule has 0 spiro atoms. The van der Waals surface area contributed by atoms with Gasteiger partial charge in [-0.3, -0.25) is 0 Å². The molecule has 128 valence electrons. The third kappa shape index (κ3) is 3.94. The van der Waals surface area contributed by atoms with E-state index in [0.717, 1.165) is 41.3 Å².